The zero-order valence-electron chi connectivity index (χ0n) is 8.57. The molecule has 2 heterocycles. The highest BCUT2D eigenvalue weighted by Gasteiger charge is 2.14. The highest BCUT2D eigenvalue weighted by Crippen LogP contribution is 2.32. The standard InChI is InChI=1S/C10H8Br2N2O2S/c11-8-3-7(9(12)17-8)10(15)16-2-1-6-4-13-14-5-6/h3-5H,1-2H2,(H,13,14). The first kappa shape index (κ1) is 12.8. The second-order valence-corrected chi connectivity index (χ2v) is 6.98. The van der Waals surface area contributed by atoms with Crippen LogP contribution in [0, 0.1) is 0 Å². The van der Waals surface area contributed by atoms with Gasteiger partial charge in [0, 0.05) is 12.6 Å². The second kappa shape index (κ2) is 5.79. The Hall–Kier alpha value is -0.660. The van der Waals surface area contributed by atoms with Crippen molar-refractivity contribution in [2.75, 3.05) is 6.61 Å². The third kappa shape index (κ3) is 3.40. The number of thiophene rings is 1. The number of aromatic nitrogens is 2. The van der Waals surface area contributed by atoms with Gasteiger partial charge < -0.3 is 4.74 Å². The van der Waals surface area contributed by atoms with Crippen LogP contribution in [0.15, 0.2) is 26.0 Å². The van der Waals surface area contributed by atoms with Crippen molar-refractivity contribution in [3.8, 4) is 0 Å². The number of nitrogens with zero attached hydrogens (tertiary/aromatic N) is 1. The summed E-state index contributed by atoms with van der Waals surface area (Å²) in [6.07, 6.45) is 4.15. The molecular weight excluding hydrogens is 372 g/mol. The first-order chi connectivity index (χ1) is 8.16. The van der Waals surface area contributed by atoms with Crippen LogP contribution in [0.1, 0.15) is 15.9 Å². The summed E-state index contributed by atoms with van der Waals surface area (Å²) in [4.78, 5) is 11.7. The molecule has 0 unspecified atom stereocenters. The number of H-pyrrole nitrogens is 1. The summed E-state index contributed by atoms with van der Waals surface area (Å²) in [5.41, 5.74) is 1.57. The van der Waals surface area contributed by atoms with Crippen LogP contribution in [-0.4, -0.2) is 22.8 Å². The Morgan fingerprint density at radius 2 is 2.35 bits per heavy atom. The van der Waals surface area contributed by atoms with Gasteiger partial charge in [-0.25, -0.2) is 4.79 Å². The van der Waals surface area contributed by atoms with Gasteiger partial charge in [0.15, 0.2) is 0 Å². The predicted molar refractivity (Wildman–Crippen MR) is 72.3 cm³/mol. The molecule has 0 aliphatic rings. The van der Waals surface area contributed by atoms with Crippen LogP contribution in [-0.2, 0) is 11.2 Å². The molecule has 7 heteroatoms. The van der Waals surface area contributed by atoms with Crippen LogP contribution in [0.2, 0.25) is 0 Å². The fraction of sp³-hybridized carbons (Fsp3) is 0.200. The summed E-state index contributed by atoms with van der Waals surface area (Å²) < 4.78 is 6.84. The molecule has 90 valence electrons. The predicted octanol–water partition coefficient (Wildman–Crippen LogP) is 3.40. The summed E-state index contributed by atoms with van der Waals surface area (Å²) in [5.74, 6) is -0.317. The maximum Gasteiger partial charge on any atom is 0.340 e. The first-order valence-corrected chi connectivity index (χ1v) is 7.16. The van der Waals surface area contributed by atoms with Crippen molar-refractivity contribution in [2.24, 2.45) is 0 Å². The molecule has 4 nitrogen and oxygen atoms in total. The van der Waals surface area contributed by atoms with Gasteiger partial charge >= 0.3 is 5.97 Å². The molecule has 0 saturated heterocycles. The molecule has 2 aromatic rings. The molecule has 2 aromatic heterocycles. The molecule has 0 aliphatic carbocycles. The molecule has 17 heavy (non-hydrogen) atoms. The number of rotatable bonds is 4. The van der Waals surface area contributed by atoms with Crippen LogP contribution in [0.3, 0.4) is 0 Å². The van der Waals surface area contributed by atoms with E-state index in [0.717, 1.165) is 13.1 Å². The molecule has 2 rings (SSSR count). The number of esters is 1. The Kier molecular flexibility index (Phi) is 4.36. The number of carbonyl (C=O) groups excluding carboxylic acids is 1. The van der Waals surface area contributed by atoms with Gasteiger partial charge in [-0.2, -0.15) is 5.10 Å². The van der Waals surface area contributed by atoms with Crippen LogP contribution in [0.4, 0.5) is 0 Å². The topological polar surface area (TPSA) is 55.0 Å². The lowest BCUT2D eigenvalue weighted by molar-refractivity contribution is 0.0509. The van der Waals surface area contributed by atoms with Crippen molar-refractivity contribution in [3.63, 3.8) is 0 Å². The van der Waals surface area contributed by atoms with Gasteiger partial charge in [-0.3, -0.25) is 5.10 Å². The summed E-state index contributed by atoms with van der Waals surface area (Å²) in [7, 11) is 0. The number of hydrogen-bond donors (Lipinski definition) is 1. The van der Waals surface area contributed by atoms with Crippen molar-refractivity contribution in [1.29, 1.82) is 0 Å². The van der Waals surface area contributed by atoms with Gasteiger partial charge in [0.2, 0.25) is 0 Å². The van der Waals surface area contributed by atoms with Crippen molar-refractivity contribution in [1.82, 2.24) is 10.2 Å². The monoisotopic (exact) mass is 378 g/mol. The molecule has 0 amide bonds. The fourth-order valence-corrected chi connectivity index (χ4v) is 4.00. The van der Waals surface area contributed by atoms with Gasteiger partial charge in [0.1, 0.15) is 0 Å². The molecule has 0 atom stereocenters. The number of halogens is 2. The maximum absolute atomic E-state index is 11.7. The SMILES string of the molecule is O=C(OCCc1cn[nH]c1)c1cc(Br)sc1Br. The Balaban J connectivity index is 1.87. The molecule has 0 spiro atoms. The number of carbonyl (C=O) groups is 1. The average Bonchev–Trinajstić information content (AvgIpc) is 2.88. The van der Waals surface area contributed by atoms with Crippen LogP contribution in [0.25, 0.3) is 0 Å². The largest absolute Gasteiger partial charge is 0.462 e. The zero-order valence-corrected chi connectivity index (χ0v) is 12.6. The third-order valence-electron chi connectivity index (χ3n) is 2.06. The van der Waals surface area contributed by atoms with E-state index in [1.165, 1.54) is 11.3 Å². The van der Waals surface area contributed by atoms with Gasteiger partial charge in [-0.1, -0.05) is 0 Å². The zero-order chi connectivity index (χ0) is 12.3. The van der Waals surface area contributed by atoms with E-state index < -0.39 is 0 Å². The molecule has 0 aliphatic heterocycles. The van der Waals surface area contributed by atoms with Gasteiger partial charge in [-0.15, -0.1) is 11.3 Å². The average molecular weight is 380 g/mol. The smallest absolute Gasteiger partial charge is 0.340 e. The van der Waals surface area contributed by atoms with E-state index in [2.05, 4.69) is 42.1 Å². The Morgan fingerprint density at radius 1 is 1.53 bits per heavy atom. The summed E-state index contributed by atoms with van der Waals surface area (Å²) in [5, 5.41) is 6.53. The minimum atomic E-state index is -0.317. The fourth-order valence-electron chi connectivity index (χ4n) is 1.23. The van der Waals surface area contributed by atoms with Gasteiger partial charge in [-0.05, 0) is 43.5 Å². The second-order valence-electron chi connectivity index (χ2n) is 3.23. The van der Waals surface area contributed by atoms with Crippen molar-refractivity contribution in [3.05, 3.63) is 37.2 Å². The number of aromatic amines is 1. The molecule has 1 N–H and O–H groups in total. The van der Waals surface area contributed by atoms with E-state index in [1.807, 2.05) is 0 Å². The van der Waals surface area contributed by atoms with E-state index in [0.29, 0.717) is 18.6 Å². The maximum atomic E-state index is 11.7. The summed E-state index contributed by atoms with van der Waals surface area (Å²) in [6, 6.07) is 1.74. The molecule has 0 saturated carbocycles. The number of ether oxygens (including phenoxy) is 1. The lowest BCUT2D eigenvalue weighted by Gasteiger charge is -2.02. The quantitative estimate of drug-likeness (QED) is 0.828. The Labute approximate surface area is 119 Å². The molecule has 0 aromatic carbocycles. The number of nitrogens with one attached hydrogen (secondary N) is 1. The van der Waals surface area contributed by atoms with Gasteiger partial charge in [0.05, 0.1) is 25.9 Å². The van der Waals surface area contributed by atoms with E-state index in [4.69, 9.17) is 4.74 Å². The van der Waals surface area contributed by atoms with E-state index in [1.54, 1.807) is 18.5 Å². The van der Waals surface area contributed by atoms with E-state index in [9.17, 15) is 4.79 Å². The van der Waals surface area contributed by atoms with Crippen LogP contribution in [0.5, 0.6) is 0 Å². The molecule has 0 fully saturated rings. The van der Waals surface area contributed by atoms with Gasteiger partial charge in [0.25, 0.3) is 0 Å². The third-order valence-corrected chi connectivity index (χ3v) is 4.39. The van der Waals surface area contributed by atoms with Crippen molar-refractivity contribution < 1.29 is 9.53 Å². The summed E-state index contributed by atoms with van der Waals surface area (Å²) in [6.45, 7) is 0.346. The minimum Gasteiger partial charge on any atom is -0.462 e. The van der Waals surface area contributed by atoms with Crippen molar-refractivity contribution >= 4 is 49.2 Å². The van der Waals surface area contributed by atoms with Crippen LogP contribution >= 0.6 is 43.2 Å². The number of hydrogen-bond acceptors (Lipinski definition) is 4. The highest BCUT2D eigenvalue weighted by atomic mass is 79.9. The molecule has 0 bridgehead atoms. The van der Waals surface area contributed by atoms with Crippen LogP contribution < -0.4 is 0 Å². The van der Waals surface area contributed by atoms with E-state index in [-0.39, 0.29) is 5.97 Å². The van der Waals surface area contributed by atoms with E-state index >= 15 is 0 Å². The summed E-state index contributed by atoms with van der Waals surface area (Å²) >= 11 is 8.09. The first-order valence-electron chi connectivity index (χ1n) is 4.76. The lowest BCUT2D eigenvalue weighted by atomic mass is 10.3. The molecule has 0 radical (unpaired) electrons. The molecular formula is C10H8Br2N2O2S. The highest BCUT2D eigenvalue weighted by molar-refractivity contribution is 9.12. The normalized spacial score (nSPS) is 10.5. The Bertz CT molecular complexity index is 510. The lowest BCUT2D eigenvalue weighted by Crippen LogP contribution is -2.07. The Morgan fingerprint density at radius 3 is 2.94 bits per heavy atom. The minimum absolute atomic E-state index is 0.317. The van der Waals surface area contributed by atoms with Crippen molar-refractivity contribution in [2.45, 2.75) is 6.42 Å².